The van der Waals surface area contributed by atoms with E-state index in [0.717, 1.165) is 13.0 Å². The zero-order valence-corrected chi connectivity index (χ0v) is 15.4. The topological polar surface area (TPSA) is 3.24 Å². The molecule has 0 aliphatic rings. The van der Waals surface area contributed by atoms with Crippen LogP contribution in [0.4, 0.5) is 0 Å². The molecule has 0 saturated heterocycles. The van der Waals surface area contributed by atoms with E-state index in [0.29, 0.717) is 5.92 Å². The average Bonchev–Trinajstić information content (AvgIpc) is 2.62. The van der Waals surface area contributed by atoms with Crippen molar-refractivity contribution in [3.63, 3.8) is 0 Å². The third kappa shape index (κ3) is 4.37. The molecule has 1 atom stereocenters. The van der Waals surface area contributed by atoms with Crippen molar-refractivity contribution in [1.82, 2.24) is 4.90 Å². The lowest BCUT2D eigenvalue weighted by Gasteiger charge is -2.21. The highest BCUT2D eigenvalue weighted by molar-refractivity contribution is 5.78. The first-order chi connectivity index (χ1) is 12.1. The van der Waals surface area contributed by atoms with Crippen LogP contribution in [0.1, 0.15) is 12.5 Å². The van der Waals surface area contributed by atoms with Crippen molar-refractivity contribution in [2.24, 2.45) is 5.92 Å². The van der Waals surface area contributed by atoms with Crippen LogP contribution in [0.2, 0.25) is 0 Å². The van der Waals surface area contributed by atoms with Gasteiger partial charge in [-0.3, -0.25) is 0 Å². The predicted octanol–water partition coefficient (Wildman–Crippen LogP) is 5.76. The molecule has 1 heteroatoms. The molecule has 25 heavy (non-hydrogen) atoms. The van der Waals surface area contributed by atoms with Gasteiger partial charge in [0, 0.05) is 6.54 Å². The van der Waals surface area contributed by atoms with Gasteiger partial charge in [-0.15, -0.1) is 0 Å². The van der Waals surface area contributed by atoms with Gasteiger partial charge in [-0.2, -0.15) is 0 Å². The molecule has 0 N–H and O–H groups in total. The van der Waals surface area contributed by atoms with Gasteiger partial charge in [-0.1, -0.05) is 85.8 Å². The Morgan fingerprint density at radius 1 is 0.680 bits per heavy atom. The van der Waals surface area contributed by atoms with E-state index in [1.165, 1.54) is 27.8 Å². The molecule has 0 fully saturated rings. The second-order valence-corrected chi connectivity index (χ2v) is 7.14. The molecule has 0 amide bonds. The number of benzene rings is 3. The molecule has 0 aliphatic carbocycles. The van der Waals surface area contributed by atoms with Crippen LogP contribution >= 0.6 is 0 Å². The summed E-state index contributed by atoms with van der Waals surface area (Å²) in [5.74, 6) is 0.599. The highest BCUT2D eigenvalue weighted by atomic mass is 15.1. The monoisotopic (exact) mass is 329 g/mol. The molecule has 3 rings (SSSR count). The van der Waals surface area contributed by atoms with Crippen molar-refractivity contribution in [3.05, 3.63) is 84.4 Å². The van der Waals surface area contributed by atoms with Gasteiger partial charge < -0.3 is 4.90 Å². The molecule has 0 bridgehead atoms. The minimum atomic E-state index is 0.599. The van der Waals surface area contributed by atoms with E-state index in [1.54, 1.807) is 0 Å². The smallest absolute Gasteiger partial charge is 0.000410 e. The van der Waals surface area contributed by atoms with Crippen molar-refractivity contribution < 1.29 is 0 Å². The Hall–Kier alpha value is -2.38. The molecule has 0 spiro atoms. The fraction of sp³-hybridized carbons (Fsp3) is 0.250. The summed E-state index contributed by atoms with van der Waals surface area (Å²) in [4.78, 5) is 2.28. The van der Waals surface area contributed by atoms with Gasteiger partial charge in [0.1, 0.15) is 0 Å². The van der Waals surface area contributed by atoms with Crippen molar-refractivity contribution in [1.29, 1.82) is 0 Å². The van der Waals surface area contributed by atoms with Gasteiger partial charge >= 0.3 is 0 Å². The number of nitrogens with zero attached hydrogens (tertiary/aromatic N) is 1. The fourth-order valence-electron chi connectivity index (χ4n) is 3.62. The molecule has 0 radical (unpaired) electrons. The van der Waals surface area contributed by atoms with E-state index in [2.05, 4.69) is 105 Å². The van der Waals surface area contributed by atoms with E-state index in [9.17, 15) is 0 Å². The maximum absolute atomic E-state index is 2.34. The van der Waals surface area contributed by atoms with Crippen LogP contribution in [-0.2, 0) is 6.42 Å². The van der Waals surface area contributed by atoms with Crippen LogP contribution in [0.3, 0.4) is 0 Å². The van der Waals surface area contributed by atoms with Gasteiger partial charge in [0.25, 0.3) is 0 Å². The van der Waals surface area contributed by atoms with Crippen LogP contribution in [0.25, 0.3) is 22.3 Å². The standard InChI is InChI=1S/C24H27N/c1-19(18-25(2)3)17-24-22(20-11-6-4-7-12-20)15-10-16-23(24)21-13-8-5-9-14-21/h4-16,19H,17-18H2,1-3H3/t19-/m0/s1. The SMILES string of the molecule is C[C@@H](Cc1c(-c2ccccc2)cccc1-c1ccccc1)CN(C)C. The summed E-state index contributed by atoms with van der Waals surface area (Å²) < 4.78 is 0. The molecular formula is C24H27N. The van der Waals surface area contributed by atoms with Crippen molar-refractivity contribution in [3.8, 4) is 22.3 Å². The first-order valence-corrected chi connectivity index (χ1v) is 9.02. The summed E-state index contributed by atoms with van der Waals surface area (Å²) in [5.41, 5.74) is 6.76. The maximum Gasteiger partial charge on any atom is 0.000410 e. The summed E-state index contributed by atoms with van der Waals surface area (Å²) in [6, 6.07) is 28.2. The summed E-state index contributed by atoms with van der Waals surface area (Å²) in [5, 5.41) is 0. The molecule has 0 heterocycles. The lowest BCUT2D eigenvalue weighted by Crippen LogP contribution is -2.21. The zero-order chi connectivity index (χ0) is 17.6. The molecule has 3 aromatic rings. The molecule has 128 valence electrons. The Bertz CT molecular complexity index is 733. The molecule has 0 unspecified atom stereocenters. The minimum Gasteiger partial charge on any atom is -0.309 e. The summed E-state index contributed by atoms with van der Waals surface area (Å²) in [6.07, 6.45) is 1.08. The third-order valence-corrected chi connectivity index (χ3v) is 4.58. The summed E-state index contributed by atoms with van der Waals surface area (Å²) >= 11 is 0. The van der Waals surface area contributed by atoms with Gasteiger partial charge in [-0.05, 0) is 54.3 Å². The third-order valence-electron chi connectivity index (χ3n) is 4.58. The van der Waals surface area contributed by atoms with E-state index in [1.807, 2.05) is 0 Å². The first-order valence-electron chi connectivity index (χ1n) is 9.02. The average molecular weight is 329 g/mol. The molecule has 1 nitrogen and oxygen atoms in total. The Morgan fingerprint density at radius 3 is 1.60 bits per heavy atom. The molecule has 3 aromatic carbocycles. The van der Waals surface area contributed by atoms with Crippen molar-refractivity contribution >= 4 is 0 Å². The molecular weight excluding hydrogens is 302 g/mol. The van der Waals surface area contributed by atoms with Crippen LogP contribution in [0, 0.1) is 5.92 Å². The van der Waals surface area contributed by atoms with E-state index in [4.69, 9.17) is 0 Å². The normalized spacial score (nSPS) is 12.3. The van der Waals surface area contributed by atoms with E-state index in [-0.39, 0.29) is 0 Å². The van der Waals surface area contributed by atoms with Gasteiger partial charge in [0.2, 0.25) is 0 Å². The lowest BCUT2D eigenvalue weighted by molar-refractivity contribution is 0.338. The molecule has 0 aromatic heterocycles. The number of rotatable bonds is 6. The van der Waals surface area contributed by atoms with Crippen LogP contribution < -0.4 is 0 Å². The van der Waals surface area contributed by atoms with E-state index < -0.39 is 0 Å². The Balaban J connectivity index is 2.09. The first kappa shape index (κ1) is 17.4. The second-order valence-electron chi connectivity index (χ2n) is 7.14. The number of hydrogen-bond donors (Lipinski definition) is 0. The Labute approximate surface area is 151 Å². The van der Waals surface area contributed by atoms with Gasteiger partial charge in [0.15, 0.2) is 0 Å². The maximum atomic E-state index is 2.34. The van der Waals surface area contributed by atoms with E-state index >= 15 is 0 Å². The highest BCUT2D eigenvalue weighted by Gasteiger charge is 2.15. The fourth-order valence-corrected chi connectivity index (χ4v) is 3.62. The predicted molar refractivity (Wildman–Crippen MR) is 109 cm³/mol. The van der Waals surface area contributed by atoms with Crippen LogP contribution in [0.5, 0.6) is 0 Å². The Morgan fingerprint density at radius 2 is 1.16 bits per heavy atom. The minimum absolute atomic E-state index is 0.599. The lowest BCUT2D eigenvalue weighted by atomic mass is 9.86. The van der Waals surface area contributed by atoms with Crippen molar-refractivity contribution in [2.45, 2.75) is 13.3 Å². The van der Waals surface area contributed by atoms with Crippen LogP contribution in [0.15, 0.2) is 78.9 Å². The molecule has 0 saturated carbocycles. The van der Waals surface area contributed by atoms with Crippen molar-refractivity contribution in [2.75, 3.05) is 20.6 Å². The summed E-state index contributed by atoms with van der Waals surface area (Å²) in [6.45, 7) is 3.44. The quantitative estimate of drug-likeness (QED) is 0.555. The largest absolute Gasteiger partial charge is 0.309 e. The molecule has 0 aliphatic heterocycles. The second kappa shape index (κ2) is 8.13. The zero-order valence-electron chi connectivity index (χ0n) is 15.4. The van der Waals surface area contributed by atoms with Gasteiger partial charge in [-0.25, -0.2) is 0 Å². The summed E-state index contributed by atoms with van der Waals surface area (Å²) in [7, 11) is 4.30. The number of hydrogen-bond acceptors (Lipinski definition) is 1. The van der Waals surface area contributed by atoms with Gasteiger partial charge in [0.05, 0.1) is 0 Å². The highest BCUT2D eigenvalue weighted by Crippen LogP contribution is 2.34. The van der Waals surface area contributed by atoms with Crippen LogP contribution in [-0.4, -0.2) is 25.5 Å². The Kier molecular flexibility index (Phi) is 5.67.